The van der Waals surface area contributed by atoms with E-state index in [1.54, 1.807) is 0 Å². The minimum absolute atomic E-state index is 0.00606. The summed E-state index contributed by atoms with van der Waals surface area (Å²) in [5.41, 5.74) is 2.98. The monoisotopic (exact) mass is 222 g/mol. The minimum atomic E-state index is 0.00606. The zero-order chi connectivity index (χ0) is 10.4. The van der Waals surface area contributed by atoms with Gasteiger partial charge in [0.2, 0.25) is 0 Å². The smallest absolute Gasteiger partial charge is 0.310 e. The number of thioether (sulfide) groups is 1. The molecule has 3 atom stereocenters. The second-order valence-corrected chi connectivity index (χ2v) is 5.47. The van der Waals surface area contributed by atoms with Gasteiger partial charge in [-0.1, -0.05) is 23.3 Å². The number of hydrogen-bond acceptors (Lipinski definition) is 3. The Labute approximate surface area is 93.8 Å². The molecule has 3 unspecified atom stereocenters. The van der Waals surface area contributed by atoms with E-state index in [0.29, 0.717) is 17.8 Å². The van der Waals surface area contributed by atoms with Crippen molar-refractivity contribution in [1.82, 2.24) is 0 Å². The number of esters is 1. The van der Waals surface area contributed by atoms with Crippen LogP contribution >= 0.6 is 11.8 Å². The van der Waals surface area contributed by atoms with E-state index >= 15 is 0 Å². The van der Waals surface area contributed by atoms with Gasteiger partial charge in [-0.05, 0) is 13.3 Å². The Bertz CT molecular complexity index is 370. The number of allylic oxidation sites excluding steroid dienone is 3. The Morgan fingerprint density at radius 3 is 3.13 bits per heavy atom. The van der Waals surface area contributed by atoms with Gasteiger partial charge in [-0.25, -0.2) is 0 Å². The van der Waals surface area contributed by atoms with Crippen LogP contribution in [0, 0.1) is 11.8 Å². The normalized spacial score (nSPS) is 36.2. The van der Waals surface area contributed by atoms with Crippen LogP contribution in [0.5, 0.6) is 0 Å². The van der Waals surface area contributed by atoms with E-state index in [2.05, 4.69) is 12.2 Å². The van der Waals surface area contributed by atoms with Gasteiger partial charge in [-0.2, -0.15) is 11.8 Å². The standard InChI is InChI=1S/C12H14O2S/c1-2-14-12(13)9-6-15-11-8-4-3-7(5-8)10(9)11/h3-4,9-11H,2,5-6H2,1H3. The Morgan fingerprint density at radius 2 is 2.33 bits per heavy atom. The molecule has 2 aliphatic carbocycles. The first-order chi connectivity index (χ1) is 7.31. The summed E-state index contributed by atoms with van der Waals surface area (Å²) in [5, 5.41) is 0.583. The summed E-state index contributed by atoms with van der Waals surface area (Å²) >= 11 is 1.93. The molecule has 15 heavy (non-hydrogen) atoms. The van der Waals surface area contributed by atoms with Crippen LogP contribution in [0.25, 0.3) is 0 Å². The summed E-state index contributed by atoms with van der Waals surface area (Å²) < 4.78 is 5.14. The highest BCUT2D eigenvalue weighted by Gasteiger charge is 2.50. The molecule has 0 amide bonds. The molecule has 2 fully saturated rings. The number of ether oxygens (including phenoxy) is 1. The average Bonchev–Trinajstić information content (AvgIpc) is 2.90. The Morgan fingerprint density at radius 1 is 1.53 bits per heavy atom. The number of hydrogen-bond donors (Lipinski definition) is 0. The lowest BCUT2D eigenvalue weighted by molar-refractivity contribution is -0.148. The van der Waals surface area contributed by atoms with Gasteiger partial charge >= 0.3 is 5.97 Å². The fourth-order valence-electron chi connectivity index (χ4n) is 2.87. The van der Waals surface area contributed by atoms with Gasteiger partial charge in [0.05, 0.1) is 12.5 Å². The highest BCUT2D eigenvalue weighted by Crippen LogP contribution is 2.55. The molecule has 1 heterocycles. The maximum atomic E-state index is 11.8. The van der Waals surface area contributed by atoms with Crippen LogP contribution in [0.2, 0.25) is 0 Å². The average molecular weight is 222 g/mol. The topological polar surface area (TPSA) is 26.3 Å². The van der Waals surface area contributed by atoms with Crippen molar-refractivity contribution >= 4 is 17.7 Å². The molecule has 0 N–H and O–H groups in total. The second kappa shape index (κ2) is 3.41. The fourth-order valence-corrected chi connectivity index (χ4v) is 4.58. The first kappa shape index (κ1) is 9.52. The quantitative estimate of drug-likeness (QED) is 0.670. The molecule has 80 valence electrons. The van der Waals surface area contributed by atoms with E-state index in [1.165, 1.54) is 11.1 Å². The third-order valence-corrected chi connectivity index (χ3v) is 5.02. The summed E-state index contributed by atoms with van der Waals surface area (Å²) in [5.74, 6) is 1.50. The third-order valence-electron chi connectivity index (χ3n) is 3.52. The highest BCUT2D eigenvalue weighted by molar-refractivity contribution is 8.00. The summed E-state index contributed by atoms with van der Waals surface area (Å²) in [6.45, 7) is 2.37. The van der Waals surface area contributed by atoms with Crippen molar-refractivity contribution in [3.05, 3.63) is 23.3 Å². The van der Waals surface area contributed by atoms with Gasteiger partial charge in [-0.15, -0.1) is 0 Å². The molecule has 3 rings (SSSR count). The largest absolute Gasteiger partial charge is 0.466 e. The maximum Gasteiger partial charge on any atom is 0.310 e. The second-order valence-electron chi connectivity index (χ2n) is 4.30. The van der Waals surface area contributed by atoms with Crippen LogP contribution in [0.15, 0.2) is 23.3 Å². The molecule has 0 radical (unpaired) electrons. The van der Waals surface area contributed by atoms with Gasteiger partial charge in [0, 0.05) is 16.9 Å². The molecule has 1 aliphatic heterocycles. The number of carbonyl (C=O) groups is 1. The predicted octanol–water partition coefficient (Wildman–Crippen LogP) is 2.17. The number of fused-ring (bicyclic) bond motifs is 5. The molecule has 0 aromatic heterocycles. The van der Waals surface area contributed by atoms with Crippen molar-refractivity contribution in [3.63, 3.8) is 0 Å². The van der Waals surface area contributed by atoms with Gasteiger partial charge in [-0.3, -0.25) is 4.79 Å². The molecular weight excluding hydrogens is 208 g/mol. The van der Waals surface area contributed by atoms with Gasteiger partial charge in [0.1, 0.15) is 0 Å². The first-order valence-corrected chi connectivity index (χ1v) is 6.54. The molecule has 3 heteroatoms. The Balaban J connectivity index is 1.81. The van der Waals surface area contributed by atoms with Crippen molar-refractivity contribution in [3.8, 4) is 0 Å². The minimum Gasteiger partial charge on any atom is -0.466 e. The molecule has 3 aliphatic rings. The van der Waals surface area contributed by atoms with E-state index in [-0.39, 0.29) is 11.9 Å². The first-order valence-electron chi connectivity index (χ1n) is 5.49. The van der Waals surface area contributed by atoms with E-state index in [1.807, 2.05) is 18.7 Å². The van der Waals surface area contributed by atoms with E-state index in [4.69, 9.17) is 4.74 Å². The summed E-state index contributed by atoms with van der Waals surface area (Å²) in [7, 11) is 0. The molecule has 0 aromatic carbocycles. The number of carbonyl (C=O) groups excluding carboxylic acids is 1. The summed E-state index contributed by atoms with van der Waals surface area (Å²) in [6.07, 6.45) is 5.55. The summed E-state index contributed by atoms with van der Waals surface area (Å²) in [4.78, 5) is 11.8. The van der Waals surface area contributed by atoms with Crippen LogP contribution in [0.3, 0.4) is 0 Å². The van der Waals surface area contributed by atoms with Gasteiger partial charge < -0.3 is 4.74 Å². The molecule has 1 saturated carbocycles. The van der Waals surface area contributed by atoms with Crippen molar-refractivity contribution in [2.24, 2.45) is 11.8 Å². The lowest BCUT2D eigenvalue weighted by atomic mass is 9.87. The van der Waals surface area contributed by atoms with Crippen LogP contribution < -0.4 is 0 Å². The number of rotatable bonds is 2. The molecule has 1 saturated heterocycles. The van der Waals surface area contributed by atoms with Gasteiger partial charge in [0.15, 0.2) is 0 Å². The van der Waals surface area contributed by atoms with Crippen LogP contribution in [-0.4, -0.2) is 23.6 Å². The zero-order valence-corrected chi connectivity index (χ0v) is 9.55. The zero-order valence-electron chi connectivity index (χ0n) is 8.73. The highest BCUT2D eigenvalue weighted by atomic mass is 32.2. The van der Waals surface area contributed by atoms with E-state index < -0.39 is 0 Å². The Kier molecular flexibility index (Phi) is 2.16. The molecule has 0 spiro atoms. The van der Waals surface area contributed by atoms with Crippen LogP contribution in [0.1, 0.15) is 13.3 Å². The molecule has 2 bridgehead atoms. The lowest BCUT2D eigenvalue weighted by Crippen LogP contribution is -2.26. The van der Waals surface area contributed by atoms with E-state index in [0.717, 1.165) is 12.2 Å². The van der Waals surface area contributed by atoms with Gasteiger partial charge in [0.25, 0.3) is 0 Å². The van der Waals surface area contributed by atoms with Crippen molar-refractivity contribution in [2.45, 2.75) is 18.6 Å². The van der Waals surface area contributed by atoms with E-state index in [9.17, 15) is 4.79 Å². The maximum absolute atomic E-state index is 11.8. The molecule has 0 aromatic rings. The predicted molar refractivity (Wildman–Crippen MR) is 60.6 cm³/mol. The summed E-state index contributed by atoms with van der Waals surface area (Å²) in [6, 6.07) is 0. The van der Waals surface area contributed by atoms with Crippen molar-refractivity contribution in [1.29, 1.82) is 0 Å². The SMILES string of the molecule is CCOC(=O)C1CSC2C3=CC=C(C3)C12. The Hall–Kier alpha value is -0.700. The van der Waals surface area contributed by atoms with Crippen molar-refractivity contribution < 1.29 is 9.53 Å². The van der Waals surface area contributed by atoms with Crippen molar-refractivity contribution in [2.75, 3.05) is 12.4 Å². The third kappa shape index (κ3) is 1.29. The van der Waals surface area contributed by atoms with Crippen LogP contribution in [-0.2, 0) is 9.53 Å². The molecule has 2 nitrogen and oxygen atoms in total. The van der Waals surface area contributed by atoms with Crippen LogP contribution in [0.4, 0.5) is 0 Å². The fraction of sp³-hybridized carbons (Fsp3) is 0.583. The molecular formula is C12H14O2S. The lowest BCUT2D eigenvalue weighted by Gasteiger charge is -2.18.